The Balaban J connectivity index is 1.40. The van der Waals surface area contributed by atoms with Gasteiger partial charge in [-0.2, -0.15) is 0 Å². The van der Waals surface area contributed by atoms with Crippen LogP contribution in [0.5, 0.6) is 0 Å². The van der Waals surface area contributed by atoms with Gasteiger partial charge < -0.3 is 4.52 Å². The first-order valence-corrected chi connectivity index (χ1v) is 8.29. The van der Waals surface area contributed by atoms with E-state index in [1.165, 1.54) is 0 Å². The van der Waals surface area contributed by atoms with E-state index in [1.807, 2.05) is 61.8 Å². The summed E-state index contributed by atoms with van der Waals surface area (Å²) in [6, 6.07) is 15.7. The van der Waals surface area contributed by atoms with Crippen LogP contribution in [0.1, 0.15) is 11.5 Å². The Hall–Kier alpha value is -3.32. The molecule has 1 aromatic carbocycles. The largest absolute Gasteiger partial charge is 0.359 e. The van der Waals surface area contributed by atoms with Crippen molar-refractivity contribution >= 4 is 0 Å². The fraction of sp³-hybridized carbons (Fsp3) is 0.158. The van der Waals surface area contributed by atoms with E-state index in [-0.39, 0.29) is 0 Å². The fourth-order valence-corrected chi connectivity index (χ4v) is 2.72. The van der Waals surface area contributed by atoms with Gasteiger partial charge in [0.1, 0.15) is 5.69 Å². The number of nitrogens with zero attached hydrogens (tertiary/aromatic N) is 6. The topological polar surface area (TPSA) is 72.9 Å². The molecule has 0 unspecified atom stereocenters. The lowest BCUT2D eigenvalue weighted by atomic mass is 10.2. The fourth-order valence-electron chi connectivity index (χ4n) is 2.72. The molecule has 3 heterocycles. The van der Waals surface area contributed by atoms with E-state index in [1.54, 1.807) is 17.1 Å². The zero-order valence-electron chi connectivity index (χ0n) is 14.4. The highest BCUT2D eigenvalue weighted by molar-refractivity contribution is 5.57. The Kier molecular flexibility index (Phi) is 4.53. The normalized spacial score (nSPS) is 11.2. The van der Waals surface area contributed by atoms with Gasteiger partial charge >= 0.3 is 0 Å². The van der Waals surface area contributed by atoms with Gasteiger partial charge in [-0.1, -0.05) is 28.6 Å². The van der Waals surface area contributed by atoms with E-state index in [0.29, 0.717) is 13.1 Å². The quantitative estimate of drug-likeness (QED) is 0.534. The predicted molar refractivity (Wildman–Crippen MR) is 96.3 cm³/mol. The highest BCUT2D eigenvalue weighted by Crippen LogP contribution is 2.19. The van der Waals surface area contributed by atoms with Gasteiger partial charge in [-0.3, -0.25) is 9.88 Å². The first kappa shape index (κ1) is 16.2. The Morgan fingerprint density at radius 3 is 2.65 bits per heavy atom. The molecule has 0 amide bonds. The summed E-state index contributed by atoms with van der Waals surface area (Å²) in [6.07, 6.45) is 5.42. The molecule has 0 fully saturated rings. The second-order valence-corrected chi connectivity index (χ2v) is 6.08. The monoisotopic (exact) mass is 346 g/mol. The number of rotatable bonds is 6. The van der Waals surface area contributed by atoms with Crippen molar-refractivity contribution in [3.05, 3.63) is 78.6 Å². The number of benzene rings is 1. The van der Waals surface area contributed by atoms with Gasteiger partial charge in [0, 0.05) is 30.6 Å². The number of pyridine rings is 1. The third-order valence-corrected chi connectivity index (χ3v) is 3.95. The van der Waals surface area contributed by atoms with Crippen molar-refractivity contribution in [1.82, 2.24) is 30.0 Å². The summed E-state index contributed by atoms with van der Waals surface area (Å²) >= 11 is 0. The summed E-state index contributed by atoms with van der Waals surface area (Å²) in [5.41, 5.74) is 3.69. The van der Waals surface area contributed by atoms with Crippen LogP contribution in [0, 0.1) is 0 Å². The second-order valence-electron chi connectivity index (χ2n) is 6.08. The smallest absolute Gasteiger partial charge is 0.151 e. The van der Waals surface area contributed by atoms with Crippen LogP contribution in [0.2, 0.25) is 0 Å². The molecule has 26 heavy (non-hydrogen) atoms. The van der Waals surface area contributed by atoms with Crippen molar-refractivity contribution in [3.63, 3.8) is 0 Å². The Bertz CT molecular complexity index is 884. The lowest BCUT2D eigenvalue weighted by molar-refractivity contribution is 0.264. The molecule has 4 aromatic rings. The SMILES string of the molecule is CN(Cc1cn(-c2ccccc2)nn1)Cc1cc(-c2ccncc2)no1. The Morgan fingerprint density at radius 2 is 1.85 bits per heavy atom. The summed E-state index contributed by atoms with van der Waals surface area (Å²) < 4.78 is 7.23. The van der Waals surface area contributed by atoms with Crippen LogP contribution in [0.3, 0.4) is 0 Å². The Labute approximate surface area is 150 Å². The first-order valence-electron chi connectivity index (χ1n) is 8.29. The van der Waals surface area contributed by atoms with Crippen molar-refractivity contribution in [2.75, 3.05) is 7.05 Å². The number of hydrogen-bond donors (Lipinski definition) is 0. The lowest BCUT2D eigenvalue weighted by Gasteiger charge is -2.11. The molecule has 4 rings (SSSR count). The van der Waals surface area contributed by atoms with Crippen LogP contribution in [0.4, 0.5) is 0 Å². The molecule has 0 saturated carbocycles. The number of para-hydroxylation sites is 1. The Morgan fingerprint density at radius 1 is 1.04 bits per heavy atom. The van der Waals surface area contributed by atoms with Crippen LogP contribution in [-0.2, 0) is 13.1 Å². The number of hydrogen-bond acceptors (Lipinski definition) is 6. The second kappa shape index (κ2) is 7.28. The van der Waals surface area contributed by atoms with Gasteiger partial charge in [-0.25, -0.2) is 4.68 Å². The molecule has 130 valence electrons. The van der Waals surface area contributed by atoms with Gasteiger partial charge in [0.05, 0.1) is 24.1 Å². The standard InChI is InChI=1S/C19H18N6O/c1-24(12-16-13-25(23-21-16)17-5-3-2-4-6-17)14-18-11-19(22-26-18)15-7-9-20-10-8-15/h2-11,13H,12,14H2,1H3. The molecular weight excluding hydrogens is 328 g/mol. The summed E-state index contributed by atoms with van der Waals surface area (Å²) in [4.78, 5) is 6.12. The van der Waals surface area contributed by atoms with Crippen molar-refractivity contribution in [2.24, 2.45) is 0 Å². The molecule has 7 heteroatoms. The summed E-state index contributed by atoms with van der Waals surface area (Å²) in [5.74, 6) is 0.801. The summed E-state index contributed by atoms with van der Waals surface area (Å²) in [7, 11) is 2.01. The molecular formula is C19H18N6O. The average molecular weight is 346 g/mol. The minimum atomic E-state index is 0.635. The molecule has 0 bridgehead atoms. The van der Waals surface area contributed by atoms with E-state index in [0.717, 1.165) is 28.4 Å². The van der Waals surface area contributed by atoms with Crippen LogP contribution in [0.15, 0.2) is 71.6 Å². The molecule has 0 saturated heterocycles. The predicted octanol–water partition coefficient (Wildman–Crippen LogP) is 2.95. The van der Waals surface area contributed by atoms with Crippen LogP contribution in [-0.4, -0.2) is 37.1 Å². The van der Waals surface area contributed by atoms with Crippen molar-refractivity contribution in [2.45, 2.75) is 13.1 Å². The minimum Gasteiger partial charge on any atom is -0.359 e. The maximum absolute atomic E-state index is 5.45. The third kappa shape index (κ3) is 3.68. The first-order chi connectivity index (χ1) is 12.8. The van der Waals surface area contributed by atoms with E-state index < -0.39 is 0 Å². The highest BCUT2D eigenvalue weighted by Gasteiger charge is 2.11. The van der Waals surface area contributed by atoms with Gasteiger partial charge in [-0.05, 0) is 31.3 Å². The molecule has 0 atom stereocenters. The van der Waals surface area contributed by atoms with Gasteiger partial charge in [0.15, 0.2) is 5.76 Å². The van der Waals surface area contributed by atoms with E-state index in [9.17, 15) is 0 Å². The highest BCUT2D eigenvalue weighted by atomic mass is 16.5. The average Bonchev–Trinajstić information content (AvgIpc) is 3.33. The zero-order chi connectivity index (χ0) is 17.8. The van der Waals surface area contributed by atoms with Gasteiger partial charge in [-0.15, -0.1) is 5.10 Å². The molecule has 0 spiro atoms. The van der Waals surface area contributed by atoms with Crippen molar-refractivity contribution in [1.29, 1.82) is 0 Å². The van der Waals surface area contributed by atoms with Crippen LogP contribution < -0.4 is 0 Å². The molecule has 0 aliphatic rings. The number of aromatic nitrogens is 5. The molecule has 0 aliphatic carbocycles. The summed E-state index contributed by atoms with van der Waals surface area (Å²) in [5, 5.41) is 12.6. The van der Waals surface area contributed by atoms with E-state index >= 15 is 0 Å². The van der Waals surface area contributed by atoms with Crippen molar-refractivity contribution in [3.8, 4) is 16.9 Å². The molecule has 0 N–H and O–H groups in total. The van der Waals surface area contributed by atoms with Gasteiger partial charge in [0.2, 0.25) is 0 Å². The minimum absolute atomic E-state index is 0.635. The molecule has 0 aliphatic heterocycles. The summed E-state index contributed by atoms with van der Waals surface area (Å²) in [6.45, 7) is 1.30. The van der Waals surface area contributed by atoms with Crippen LogP contribution in [0.25, 0.3) is 16.9 Å². The third-order valence-electron chi connectivity index (χ3n) is 3.95. The van der Waals surface area contributed by atoms with Crippen molar-refractivity contribution < 1.29 is 4.52 Å². The van der Waals surface area contributed by atoms with E-state index in [4.69, 9.17) is 4.52 Å². The molecule has 3 aromatic heterocycles. The maximum Gasteiger partial charge on any atom is 0.151 e. The van der Waals surface area contributed by atoms with E-state index in [2.05, 4.69) is 25.4 Å². The maximum atomic E-state index is 5.45. The van der Waals surface area contributed by atoms with Gasteiger partial charge in [0.25, 0.3) is 0 Å². The molecule has 7 nitrogen and oxygen atoms in total. The van der Waals surface area contributed by atoms with Crippen LogP contribution >= 0.6 is 0 Å². The zero-order valence-corrected chi connectivity index (χ0v) is 14.4. The lowest BCUT2D eigenvalue weighted by Crippen LogP contribution is -2.17. The molecule has 0 radical (unpaired) electrons.